The van der Waals surface area contributed by atoms with Gasteiger partial charge in [-0.3, -0.25) is 14.3 Å². The van der Waals surface area contributed by atoms with Gasteiger partial charge in [0.2, 0.25) is 5.91 Å². The van der Waals surface area contributed by atoms with Crippen molar-refractivity contribution in [1.82, 2.24) is 20.1 Å². The van der Waals surface area contributed by atoms with Crippen molar-refractivity contribution in [2.45, 2.75) is 46.1 Å². The van der Waals surface area contributed by atoms with Crippen LogP contribution in [0.3, 0.4) is 0 Å². The first kappa shape index (κ1) is 18.5. The molecule has 0 atom stereocenters. The summed E-state index contributed by atoms with van der Waals surface area (Å²) >= 11 is 1.42. The zero-order valence-corrected chi connectivity index (χ0v) is 15.9. The van der Waals surface area contributed by atoms with Gasteiger partial charge < -0.3 is 15.7 Å². The van der Waals surface area contributed by atoms with E-state index >= 15 is 0 Å². The molecule has 2 aromatic rings. The van der Waals surface area contributed by atoms with Crippen LogP contribution in [0.4, 0.5) is 5.13 Å². The molecule has 9 heteroatoms. The molecule has 1 aliphatic rings. The van der Waals surface area contributed by atoms with E-state index in [0.717, 1.165) is 41.1 Å². The molecule has 0 aromatic carbocycles. The molecule has 3 N–H and O–H groups in total. The number of hydrogen-bond acceptors (Lipinski definition) is 6. The molecule has 1 aliphatic carbocycles. The first-order valence-electron chi connectivity index (χ1n) is 8.70. The van der Waals surface area contributed by atoms with Crippen LogP contribution >= 0.6 is 11.3 Å². The number of anilines is 1. The maximum absolute atomic E-state index is 12.5. The first-order chi connectivity index (χ1) is 12.4. The van der Waals surface area contributed by atoms with E-state index in [4.69, 9.17) is 5.11 Å². The van der Waals surface area contributed by atoms with Crippen LogP contribution in [0.5, 0.6) is 0 Å². The zero-order valence-electron chi connectivity index (χ0n) is 15.1. The third-order valence-corrected chi connectivity index (χ3v) is 5.17. The number of amides is 2. The average molecular weight is 377 g/mol. The second-order valence-electron chi connectivity index (χ2n) is 6.52. The highest BCUT2D eigenvalue weighted by Gasteiger charge is 2.30. The van der Waals surface area contributed by atoms with E-state index in [2.05, 4.69) is 20.7 Å². The molecule has 0 unspecified atom stereocenters. The van der Waals surface area contributed by atoms with Crippen LogP contribution in [-0.2, 0) is 17.6 Å². The summed E-state index contributed by atoms with van der Waals surface area (Å²) in [4.78, 5) is 29.4. The van der Waals surface area contributed by atoms with Crippen molar-refractivity contribution >= 4 is 28.3 Å². The fraction of sp³-hybridized carbons (Fsp3) is 0.529. The minimum Gasteiger partial charge on any atom is -0.395 e. The Labute approximate surface area is 155 Å². The Morgan fingerprint density at radius 3 is 2.77 bits per heavy atom. The number of carbonyl (C=O) groups excluding carboxylic acids is 2. The van der Waals surface area contributed by atoms with Crippen LogP contribution < -0.4 is 10.6 Å². The molecule has 0 saturated heterocycles. The normalized spacial score (nSPS) is 13.1. The topological polar surface area (TPSA) is 109 Å². The lowest BCUT2D eigenvalue weighted by atomic mass is 10.1. The quantitative estimate of drug-likeness (QED) is 0.736. The van der Waals surface area contributed by atoms with Gasteiger partial charge in [0.05, 0.1) is 22.9 Å². The Morgan fingerprint density at radius 1 is 1.35 bits per heavy atom. The summed E-state index contributed by atoms with van der Waals surface area (Å²) in [6, 6.07) is 0.0698. The fourth-order valence-electron chi connectivity index (χ4n) is 3.10. The number of aryl methyl sites for hydroxylation is 1. The van der Waals surface area contributed by atoms with E-state index in [0.29, 0.717) is 10.8 Å². The molecule has 2 amide bonds. The molecule has 0 radical (unpaired) electrons. The lowest BCUT2D eigenvalue weighted by Crippen LogP contribution is -2.27. The highest BCUT2D eigenvalue weighted by atomic mass is 32.1. The van der Waals surface area contributed by atoms with Gasteiger partial charge in [0.25, 0.3) is 5.91 Å². The predicted octanol–water partition coefficient (Wildman–Crippen LogP) is 1.76. The molecule has 0 fully saturated rings. The SMILES string of the molecule is CC(=O)Nc1nc2c(s1)-c1c(c(C(=O)NCCO)nn1C(C)C)CCC2. The van der Waals surface area contributed by atoms with Crippen LogP contribution in [0.15, 0.2) is 0 Å². The second-order valence-corrected chi connectivity index (χ2v) is 7.52. The number of aromatic nitrogens is 3. The molecule has 0 spiro atoms. The Balaban J connectivity index is 2.12. The van der Waals surface area contributed by atoms with Crippen molar-refractivity contribution < 1.29 is 14.7 Å². The third kappa shape index (κ3) is 3.49. The summed E-state index contributed by atoms with van der Waals surface area (Å²) in [6.07, 6.45) is 2.38. The van der Waals surface area contributed by atoms with Crippen LogP contribution in [0.1, 0.15) is 55.0 Å². The van der Waals surface area contributed by atoms with Gasteiger partial charge in [0.15, 0.2) is 10.8 Å². The van der Waals surface area contributed by atoms with Gasteiger partial charge in [-0.05, 0) is 33.1 Å². The highest BCUT2D eigenvalue weighted by molar-refractivity contribution is 7.19. The molecular weight excluding hydrogens is 354 g/mol. The van der Waals surface area contributed by atoms with Crippen molar-refractivity contribution in [2.24, 2.45) is 0 Å². The molecule has 140 valence electrons. The summed E-state index contributed by atoms with van der Waals surface area (Å²) in [6.45, 7) is 5.57. The minimum absolute atomic E-state index is 0.0698. The lowest BCUT2D eigenvalue weighted by Gasteiger charge is -2.10. The number of rotatable bonds is 5. The zero-order chi connectivity index (χ0) is 18.8. The van der Waals surface area contributed by atoms with E-state index in [1.165, 1.54) is 18.3 Å². The molecule has 2 heterocycles. The van der Waals surface area contributed by atoms with Crippen LogP contribution in [0.2, 0.25) is 0 Å². The third-order valence-electron chi connectivity index (χ3n) is 4.15. The van der Waals surface area contributed by atoms with Crippen molar-refractivity contribution in [3.8, 4) is 10.6 Å². The fourth-order valence-corrected chi connectivity index (χ4v) is 4.22. The Kier molecular flexibility index (Phi) is 5.38. The Hall–Kier alpha value is -2.26. The smallest absolute Gasteiger partial charge is 0.272 e. The van der Waals surface area contributed by atoms with Crippen LogP contribution in [-0.4, -0.2) is 44.8 Å². The Morgan fingerprint density at radius 2 is 2.12 bits per heavy atom. The number of fused-ring (bicyclic) bond motifs is 3. The number of aliphatic hydroxyl groups is 1. The van der Waals surface area contributed by atoms with Crippen molar-refractivity contribution in [3.63, 3.8) is 0 Å². The van der Waals surface area contributed by atoms with Crippen molar-refractivity contribution in [3.05, 3.63) is 17.0 Å². The molecule has 0 saturated carbocycles. The van der Waals surface area contributed by atoms with Gasteiger partial charge in [-0.15, -0.1) is 0 Å². The monoisotopic (exact) mass is 377 g/mol. The molecule has 26 heavy (non-hydrogen) atoms. The lowest BCUT2D eigenvalue weighted by molar-refractivity contribution is -0.114. The molecular formula is C17H23N5O3S. The van der Waals surface area contributed by atoms with E-state index in [1.807, 2.05) is 18.5 Å². The molecule has 0 bridgehead atoms. The van der Waals surface area contributed by atoms with Crippen LogP contribution in [0.25, 0.3) is 10.6 Å². The summed E-state index contributed by atoms with van der Waals surface area (Å²) in [5.41, 5.74) is 3.16. The summed E-state index contributed by atoms with van der Waals surface area (Å²) in [7, 11) is 0. The highest BCUT2D eigenvalue weighted by Crippen LogP contribution is 2.41. The van der Waals surface area contributed by atoms with E-state index in [-0.39, 0.29) is 31.0 Å². The summed E-state index contributed by atoms with van der Waals surface area (Å²) < 4.78 is 1.86. The number of thiazole rings is 1. The number of hydrogen-bond donors (Lipinski definition) is 3. The maximum atomic E-state index is 12.5. The molecule has 8 nitrogen and oxygen atoms in total. The number of aliphatic hydroxyl groups excluding tert-OH is 1. The first-order valence-corrected chi connectivity index (χ1v) is 9.52. The van der Waals surface area contributed by atoms with Crippen molar-refractivity contribution in [1.29, 1.82) is 0 Å². The standard InChI is InChI=1S/C17H23N5O3S/c1-9(2)22-14-11(13(21-22)16(25)18-7-8-23)5-4-6-12-15(14)26-17(20-12)19-10(3)24/h9,23H,4-8H2,1-3H3,(H,18,25)(H,19,20,24). The number of carbonyl (C=O) groups is 2. The van der Waals surface area contributed by atoms with Crippen molar-refractivity contribution in [2.75, 3.05) is 18.5 Å². The molecule has 3 rings (SSSR count). The average Bonchev–Trinajstić information content (AvgIpc) is 3.09. The largest absolute Gasteiger partial charge is 0.395 e. The van der Waals surface area contributed by atoms with Gasteiger partial charge in [-0.2, -0.15) is 5.10 Å². The van der Waals surface area contributed by atoms with Gasteiger partial charge >= 0.3 is 0 Å². The second kappa shape index (κ2) is 7.55. The molecule has 2 aromatic heterocycles. The van der Waals surface area contributed by atoms with Gasteiger partial charge in [0, 0.05) is 25.1 Å². The van der Waals surface area contributed by atoms with Gasteiger partial charge in [-0.25, -0.2) is 4.98 Å². The minimum atomic E-state index is -0.273. The summed E-state index contributed by atoms with van der Waals surface area (Å²) in [5, 5.41) is 19.5. The van der Waals surface area contributed by atoms with Gasteiger partial charge in [0.1, 0.15) is 0 Å². The van der Waals surface area contributed by atoms with Crippen LogP contribution in [0, 0.1) is 0 Å². The maximum Gasteiger partial charge on any atom is 0.272 e. The van der Waals surface area contributed by atoms with E-state index < -0.39 is 0 Å². The summed E-state index contributed by atoms with van der Waals surface area (Å²) in [5.74, 6) is -0.430. The predicted molar refractivity (Wildman–Crippen MR) is 99.5 cm³/mol. The molecule has 0 aliphatic heterocycles. The Bertz CT molecular complexity index is 840. The van der Waals surface area contributed by atoms with Gasteiger partial charge in [-0.1, -0.05) is 11.3 Å². The number of nitrogens with one attached hydrogen (secondary N) is 2. The van der Waals surface area contributed by atoms with E-state index in [1.54, 1.807) is 0 Å². The number of nitrogens with zero attached hydrogens (tertiary/aromatic N) is 3. The van der Waals surface area contributed by atoms with E-state index in [9.17, 15) is 9.59 Å².